The number of primary amides is 1. The third-order valence-corrected chi connectivity index (χ3v) is 1.64. The number of hydrogen-bond acceptors (Lipinski definition) is 2. The van der Waals surface area contributed by atoms with Crippen LogP contribution in [-0.2, 0) is 6.54 Å². The third kappa shape index (κ3) is 2.21. The van der Waals surface area contributed by atoms with Crippen molar-refractivity contribution in [3.05, 3.63) is 45.6 Å². The molecule has 0 bridgehead atoms. The summed E-state index contributed by atoms with van der Waals surface area (Å²) < 4.78 is 13.1. The first kappa shape index (κ1) is 10.0. The van der Waals surface area contributed by atoms with E-state index in [4.69, 9.17) is 11.3 Å². The Morgan fingerprint density at radius 1 is 1.64 bits per heavy atom. The monoisotopic (exact) mass is 194 g/mol. The van der Waals surface area contributed by atoms with Gasteiger partial charge < -0.3 is 5.73 Å². The zero-order chi connectivity index (χ0) is 10.6. The van der Waals surface area contributed by atoms with E-state index in [0.717, 1.165) is 6.07 Å². The van der Waals surface area contributed by atoms with Gasteiger partial charge in [-0.2, -0.15) is 0 Å². The number of amides is 1. The molecule has 0 aromatic heterocycles. The van der Waals surface area contributed by atoms with Gasteiger partial charge in [-0.3, -0.25) is 4.79 Å². The predicted molar refractivity (Wildman–Crippen MR) is 47.8 cm³/mol. The Labute approximate surface area is 79.0 Å². The van der Waals surface area contributed by atoms with E-state index in [0.29, 0.717) is 0 Å². The molecule has 0 aliphatic rings. The van der Waals surface area contributed by atoms with Crippen molar-refractivity contribution in [2.75, 3.05) is 0 Å². The van der Waals surface area contributed by atoms with Gasteiger partial charge in [-0.05, 0) is 23.2 Å². The molecule has 0 aliphatic heterocycles. The number of hydrogen-bond donors (Lipinski definition) is 1. The molecule has 0 saturated carbocycles. The highest BCUT2D eigenvalue weighted by Gasteiger charge is 2.05. The summed E-state index contributed by atoms with van der Waals surface area (Å²) in [5, 5.41) is 3.20. The molecule has 0 saturated heterocycles. The van der Waals surface area contributed by atoms with E-state index in [1.807, 2.05) is 0 Å². The molecule has 0 atom stereocenters. The minimum absolute atomic E-state index is 0.0820. The fourth-order valence-electron chi connectivity index (χ4n) is 0.937. The molecule has 72 valence electrons. The molecule has 1 aromatic carbocycles. The van der Waals surface area contributed by atoms with Crippen LogP contribution in [0.2, 0.25) is 0 Å². The van der Waals surface area contributed by atoms with E-state index < -0.39 is 11.7 Å². The predicted octanol–water partition coefficient (Wildman–Crippen LogP) is 1.73. The maximum atomic E-state index is 13.1. The van der Waals surface area contributed by atoms with Crippen molar-refractivity contribution in [2.24, 2.45) is 10.8 Å². The maximum Gasteiger partial charge on any atom is 0.248 e. The lowest BCUT2D eigenvalue weighted by molar-refractivity contribution is 0.1000. The van der Waals surface area contributed by atoms with Gasteiger partial charge in [-0.25, -0.2) is 4.39 Å². The fraction of sp³-hybridized carbons (Fsp3) is 0.125. The Bertz CT molecular complexity index is 412. The third-order valence-electron chi connectivity index (χ3n) is 1.64. The highest BCUT2D eigenvalue weighted by atomic mass is 19.1. The molecule has 0 heterocycles. The lowest BCUT2D eigenvalue weighted by atomic mass is 10.1. The van der Waals surface area contributed by atoms with Crippen LogP contribution in [0.5, 0.6) is 0 Å². The van der Waals surface area contributed by atoms with Crippen molar-refractivity contribution in [1.82, 2.24) is 0 Å². The minimum atomic E-state index is -0.695. The first-order valence-corrected chi connectivity index (χ1v) is 3.74. The van der Waals surface area contributed by atoms with Crippen molar-refractivity contribution in [1.29, 1.82) is 0 Å². The fourth-order valence-corrected chi connectivity index (χ4v) is 0.937. The number of halogens is 1. The van der Waals surface area contributed by atoms with Crippen molar-refractivity contribution in [3.8, 4) is 0 Å². The van der Waals surface area contributed by atoms with Crippen LogP contribution in [0, 0.1) is 5.82 Å². The van der Waals surface area contributed by atoms with E-state index in [2.05, 4.69) is 10.0 Å². The van der Waals surface area contributed by atoms with E-state index in [9.17, 15) is 9.18 Å². The number of nitrogens with zero attached hydrogens (tertiary/aromatic N) is 3. The number of rotatable bonds is 3. The van der Waals surface area contributed by atoms with Gasteiger partial charge in [0.2, 0.25) is 5.91 Å². The molecule has 1 rings (SSSR count). The summed E-state index contributed by atoms with van der Waals surface area (Å²) in [6, 6.07) is 3.77. The summed E-state index contributed by atoms with van der Waals surface area (Å²) in [5.74, 6) is -1.30. The van der Waals surface area contributed by atoms with Crippen LogP contribution in [0.3, 0.4) is 0 Å². The number of carbonyl (C=O) groups excluding carboxylic acids is 1. The number of nitrogens with two attached hydrogens (primary N) is 1. The molecular weight excluding hydrogens is 187 g/mol. The molecule has 14 heavy (non-hydrogen) atoms. The van der Waals surface area contributed by atoms with Gasteiger partial charge in [0.15, 0.2) is 0 Å². The Balaban J connectivity index is 3.00. The molecule has 1 aromatic rings. The zero-order valence-electron chi connectivity index (χ0n) is 7.14. The summed E-state index contributed by atoms with van der Waals surface area (Å²) in [6.07, 6.45) is 0. The number of benzene rings is 1. The van der Waals surface area contributed by atoms with Crippen LogP contribution < -0.4 is 5.73 Å². The number of carbonyl (C=O) groups is 1. The van der Waals surface area contributed by atoms with Crippen molar-refractivity contribution in [3.63, 3.8) is 0 Å². The molecule has 2 N–H and O–H groups in total. The Morgan fingerprint density at radius 3 is 2.86 bits per heavy atom. The topological polar surface area (TPSA) is 91.8 Å². The number of azide groups is 1. The molecule has 0 unspecified atom stereocenters. The molecule has 0 fully saturated rings. The molecule has 0 radical (unpaired) electrons. The van der Waals surface area contributed by atoms with Crippen LogP contribution in [0.4, 0.5) is 4.39 Å². The second kappa shape index (κ2) is 4.25. The van der Waals surface area contributed by atoms with Crippen LogP contribution in [0.1, 0.15) is 15.9 Å². The minimum Gasteiger partial charge on any atom is -0.366 e. The van der Waals surface area contributed by atoms with Crippen LogP contribution >= 0.6 is 0 Å². The van der Waals surface area contributed by atoms with Crippen LogP contribution in [-0.4, -0.2) is 5.91 Å². The van der Waals surface area contributed by atoms with Crippen molar-refractivity contribution in [2.45, 2.75) is 6.54 Å². The summed E-state index contributed by atoms with van der Waals surface area (Å²) in [4.78, 5) is 13.1. The lowest BCUT2D eigenvalue weighted by Crippen LogP contribution is -2.11. The molecule has 5 nitrogen and oxygen atoms in total. The van der Waals surface area contributed by atoms with Gasteiger partial charge in [0.25, 0.3) is 0 Å². The van der Waals surface area contributed by atoms with Crippen LogP contribution in [0.25, 0.3) is 10.4 Å². The maximum absolute atomic E-state index is 13.1. The lowest BCUT2D eigenvalue weighted by Gasteiger charge is -2.00. The van der Waals surface area contributed by atoms with Gasteiger partial charge in [0.1, 0.15) is 5.82 Å². The Kier molecular flexibility index (Phi) is 3.04. The standard InChI is InChI=1S/C8H7FN4O/c9-7-3-5(8(10)14)1-2-6(7)4-12-13-11/h1-3H,4H2,(H2,10,14). The first-order chi connectivity index (χ1) is 6.65. The Morgan fingerprint density at radius 2 is 2.36 bits per heavy atom. The molecule has 0 spiro atoms. The molecule has 0 aliphatic carbocycles. The largest absolute Gasteiger partial charge is 0.366 e. The van der Waals surface area contributed by atoms with E-state index in [1.54, 1.807) is 0 Å². The quantitative estimate of drug-likeness (QED) is 0.443. The highest BCUT2D eigenvalue weighted by molar-refractivity contribution is 5.92. The molecular formula is C8H7FN4O. The average Bonchev–Trinajstić information content (AvgIpc) is 2.15. The van der Waals surface area contributed by atoms with E-state index >= 15 is 0 Å². The highest BCUT2D eigenvalue weighted by Crippen LogP contribution is 2.11. The van der Waals surface area contributed by atoms with Gasteiger partial charge in [0, 0.05) is 10.5 Å². The van der Waals surface area contributed by atoms with Crippen molar-refractivity contribution >= 4 is 5.91 Å². The molecule has 1 amide bonds. The summed E-state index contributed by atoms with van der Waals surface area (Å²) in [5.41, 5.74) is 13.3. The van der Waals surface area contributed by atoms with Gasteiger partial charge >= 0.3 is 0 Å². The zero-order valence-corrected chi connectivity index (χ0v) is 7.14. The van der Waals surface area contributed by atoms with E-state index in [-0.39, 0.29) is 17.7 Å². The first-order valence-electron chi connectivity index (χ1n) is 3.74. The average molecular weight is 194 g/mol. The van der Waals surface area contributed by atoms with Gasteiger partial charge in [0.05, 0.1) is 6.54 Å². The SMILES string of the molecule is [N-]=[N+]=NCc1ccc(C(N)=O)cc1F. The summed E-state index contributed by atoms with van der Waals surface area (Å²) >= 11 is 0. The van der Waals surface area contributed by atoms with Gasteiger partial charge in [-0.15, -0.1) is 0 Å². The van der Waals surface area contributed by atoms with E-state index in [1.165, 1.54) is 12.1 Å². The summed E-state index contributed by atoms with van der Waals surface area (Å²) in [6.45, 7) is -0.0820. The van der Waals surface area contributed by atoms with Gasteiger partial charge in [-0.1, -0.05) is 11.2 Å². The second-order valence-corrected chi connectivity index (χ2v) is 2.56. The smallest absolute Gasteiger partial charge is 0.248 e. The second-order valence-electron chi connectivity index (χ2n) is 2.56. The van der Waals surface area contributed by atoms with Crippen molar-refractivity contribution < 1.29 is 9.18 Å². The summed E-state index contributed by atoms with van der Waals surface area (Å²) in [7, 11) is 0. The van der Waals surface area contributed by atoms with Crippen LogP contribution in [0.15, 0.2) is 23.3 Å². The molecule has 6 heteroatoms. The normalized spacial score (nSPS) is 9.21. The Hall–Kier alpha value is -2.07.